The highest BCUT2D eigenvalue weighted by atomic mass is 32.3. The summed E-state index contributed by atoms with van der Waals surface area (Å²) in [5, 5.41) is 20.3. The fourth-order valence-corrected chi connectivity index (χ4v) is 3.25. The molecule has 0 spiro atoms. The van der Waals surface area contributed by atoms with E-state index < -0.39 is 27.3 Å². The van der Waals surface area contributed by atoms with E-state index in [2.05, 4.69) is 8.91 Å². The van der Waals surface area contributed by atoms with Gasteiger partial charge in [0.15, 0.2) is 0 Å². The Hall–Kier alpha value is -2.67. The quantitative estimate of drug-likeness (QED) is 0.240. The van der Waals surface area contributed by atoms with Crippen LogP contribution in [0.5, 0.6) is 5.75 Å². The van der Waals surface area contributed by atoms with Crippen molar-refractivity contribution in [3.8, 4) is 5.75 Å². The largest absolute Gasteiger partial charge is 0.480 e. The van der Waals surface area contributed by atoms with Gasteiger partial charge in [0.25, 0.3) is 5.69 Å². The first kappa shape index (κ1) is 20.6. The molecule has 0 heterocycles. The third-order valence-electron chi connectivity index (χ3n) is 3.24. The lowest BCUT2D eigenvalue weighted by Gasteiger charge is -2.14. The Bertz CT molecular complexity index is 931. The Morgan fingerprint density at radius 2 is 1.85 bits per heavy atom. The highest BCUT2D eigenvalue weighted by Crippen LogP contribution is 2.27. The first-order valence-electron chi connectivity index (χ1n) is 7.30. The van der Waals surface area contributed by atoms with E-state index in [0.717, 1.165) is 11.9 Å². The summed E-state index contributed by atoms with van der Waals surface area (Å²) in [7, 11) is -4.64. The summed E-state index contributed by atoms with van der Waals surface area (Å²) in [6.07, 6.45) is 0.0229. The van der Waals surface area contributed by atoms with Crippen molar-refractivity contribution in [2.75, 3.05) is 0 Å². The molecule has 10 nitrogen and oxygen atoms in total. The number of nitro benzene ring substituents is 1. The molecule has 0 amide bonds. The van der Waals surface area contributed by atoms with Crippen molar-refractivity contribution in [1.29, 1.82) is 0 Å². The van der Waals surface area contributed by atoms with Crippen molar-refractivity contribution < 1.29 is 32.0 Å². The van der Waals surface area contributed by atoms with Crippen LogP contribution < -0.4 is 8.91 Å². The van der Waals surface area contributed by atoms with E-state index in [-0.39, 0.29) is 22.8 Å². The number of carbonyl (C=O) groups is 1. The molecule has 0 aliphatic rings. The number of rotatable bonds is 9. The molecule has 0 aromatic heterocycles. The maximum atomic E-state index is 11.5. The van der Waals surface area contributed by atoms with Gasteiger partial charge in [-0.25, -0.2) is 4.72 Å². The van der Waals surface area contributed by atoms with Crippen LogP contribution >= 0.6 is 11.9 Å². The second-order valence-electron chi connectivity index (χ2n) is 5.19. The molecule has 144 valence electrons. The van der Waals surface area contributed by atoms with Gasteiger partial charge in [0.05, 0.1) is 4.92 Å². The first-order chi connectivity index (χ1) is 12.7. The average molecular weight is 414 g/mol. The van der Waals surface area contributed by atoms with Crippen molar-refractivity contribution in [3.05, 3.63) is 64.2 Å². The predicted molar refractivity (Wildman–Crippen MR) is 95.8 cm³/mol. The predicted octanol–water partition coefficient (Wildman–Crippen LogP) is 2.07. The molecule has 0 aliphatic heterocycles. The lowest BCUT2D eigenvalue weighted by Crippen LogP contribution is -2.34. The smallest absolute Gasteiger partial charge is 0.446 e. The maximum Gasteiger partial charge on any atom is 0.446 e. The zero-order valence-corrected chi connectivity index (χ0v) is 15.1. The molecule has 12 heteroatoms. The third-order valence-corrected chi connectivity index (χ3v) is 4.61. The maximum absolute atomic E-state index is 11.5. The summed E-state index contributed by atoms with van der Waals surface area (Å²) < 4.78 is 36.9. The van der Waals surface area contributed by atoms with Gasteiger partial charge in [0, 0.05) is 6.07 Å². The Kier molecular flexibility index (Phi) is 6.74. The molecule has 27 heavy (non-hydrogen) atoms. The minimum absolute atomic E-state index is 0.0229. The van der Waals surface area contributed by atoms with E-state index in [9.17, 15) is 28.4 Å². The number of carboxylic acids is 1. The number of para-hydroxylation sites is 1. The number of nitro groups is 1. The second kappa shape index (κ2) is 8.81. The van der Waals surface area contributed by atoms with Gasteiger partial charge in [-0.2, -0.15) is 8.42 Å². The van der Waals surface area contributed by atoms with Crippen molar-refractivity contribution in [2.24, 2.45) is 0 Å². The monoisotopic (exact) mass is 414 g/mol. The molecular formula is C15H14N2O8S2. The molecular weight excluding hydrogens is 400 g/mol. The van der Waals surface area contributed by atoms with E-state index in [0.29, 0.717) is 5.56 Å². The average Bonchev–Trinajstić information content (AvgIpc) is 2.58. The Labute approximate surface area is 158 Å². The number of nitrogens with zero attached hydrogens (tertiary/aromatic N) is 1. The first-order valence-corrected chi connectivity index (χ1v) is 9.48. The van der Waals surface area contributed by atoms with Gasteiger partial charge >= 0.3 is 16.4 Å². The molecule has 0 saturated heterocycles. The molecule has 0 bridgehead atoms. The van der Waals surface area contributed by atoms with Crippen molar-refractivity contribution in [1.82, 2.24) is 4.72 Å². The summed E-state index contributed by atoms with van der Waals surface area (Å²) in [6.45, 7) is 0. The van der Waals surface area contributed by atoms with Crippen molar-refractivity contribution in [3.63, 3.8) is 0 Å². The van der Waals surface area contributed by atoms with Crippen LogP contribution in [0.4, 0.5) is 5.69 Å². The normalized spacial score (nSPS) is 12.3. The highest BCUT2D eigenvalue weighted by Gasteiger charge is 2.21. The number of benzene rings is 2. The molecule has 0 aliphatic carbocycles. The van der Waals surface area contributed by atoms with Crippen molar-refractivity contribution >= 4 is 34.0 Å². The Morgan fingerprint density at radius 3 is 2.41 bits per heavy atom. The number of hydrogen-bond donors (Lipinski definition) is 3. The minimum Gasteiger partial charge on any atom is -0.480 e. The van der Waals surface area contributed by atoms with E-state index in [1.165, 1.54) is 42.5 Å². The second-order valence-corrected chi connectivity index (χ2v) is 7.10. The Morgan fingerprint density at radius 1 is 1.22 bits per heavy atom. The summed E-state index contributed by atoms with van der Waals surface area (Å²) in [4.78, 5) is 22.2. The van der Waals surface area contributed by atoms with Crippen LogP contribution in [0.2, 0.25) is 0 Å². The highest BCUT2D eigenvalue weighted by molar-refractivity contribution is 7.97. The molecule has 0 unspecified atom stereocenters. The molecule has 0 fully saturated rings. The molecule has 1 atom stereocenters. The van der Waals surface area contributed by atoms with E-state index >= 15 is 0 Å². The molecule has 0 radical (unpaired) electrons. The zero-order chi connectivity index (χ0) is 20.0. The van der Waals surface area contributed by atoms with Gasteiger partial charge in [-0.1, -0.05) is 24.3 Å². The van der Waals surface area contributed by atoms with Crippen molar-refractivity contribution in [2.45, 2.75) is 17.4 Å². The lowest BCUT2D eigenvalue weighted by atomic mass is 10.1. The number of nitrogens with one attached hydrogen (secondary N) is 1. The van der Waals surface area contributed by atoms with Crippen LogP contribution in [-0.4, -0.2) is 35.0 Å². The van der Waals surface area contributed by atoms with Gasteiger partial charge in [-0.05, 0) is 42.1 Å². The van der Waals surface area contributed by atoms with Gasteiger partial charge in [-0.15, -0.1) is 0 Å². The lowest BCUT2D eigenvalue weighted by molar-refractivity contribution is -0.387. The van der Waals surface area contributed by atoms with Gasteiger partial charge in [0.1, 0.15) is 16.7 Å². The molecule has 2 aromatic rings. The third kappa shape index (κ3) is 6.53. The Balaban J connectivity index is 2.06. The van der Waals surface area contributed by atoms with Crippen LogP contribution in [0.3, 0.4) is 0 Å². The minimum atomic E-state index is -4.64. The van der Waals surface area contributed by atoms with E-state index in [4.69, 9.17) is 4.55 Å². The molecule has 2 aromatic carbocycles. The standard InChI is InChI=1S/C15H14N2O8S2/c18-15(19)12(16-26-14-4-2-1-3-13(14)17(20)21)9-10-5-7-11(8-6-10)25-27(22,23)24/h1-8,12,16H,9H2,(H,18,19)(H,22,23,24)/t12-/m0/s1. The summed E-state index contributed by atoms with van der Waals surface area (Å²) in [5.41, 5.74) is 0.395. The van der Waals surface area contributed by atoms with Crippen LogP contribution in [0, 0.1) is 10.1 Å². The van der Waals surface area contributed by atoms with Crippen LogP contribution in [0.25, 0.3) is 0 Å². The summed E-state index contributed by atoms with van der Waals surface area (Å²) in [6, 6.07) is 10.2. The topological polar surface area (TPSA) is 156 Å². The van der Waals surface area contributed by atoms with Gasteiger partial charge < -0.3 is 9.29 Å². The summed E-state index contributed by atoms with van der Waals surface area (Å²) in [5.74, 6) is -1.30. The van der Waals surface area contributed by atoms with Gasteiger partial charge in [0.2, 0.25) is 0 Å². The number of hydrogen-bond acceptors (Lipinski definition) is 8. The fourth-order valence-electron chi connectivity index (χ4n) is 2.05. The van der Waals surface area contributed by atoms with Crippen LogP contribution in [-0.2, 0) is 21.6 Å². The summed E-state index contributed by atoms with van der Waals surface area (Å²) >= 11 is 0.833. The van der Waals surface area contributed by atoms with E-state index in [1.54, 1.807) is 6.07 Å². The van der Waals surface area contributed by atoms with Crippen LogP contribution in [0.1, 0.15) is 5.56 Å². The number of aliphatic carboxylic acids is 1. The van der Waals surface area contributed by atoms with E-state index in [1.807, 2.05) is 0 Å². The molecule has 3 N–H and O–H groups in total. The number of carboxylic acid groups (broad SMARTS) is 1. The van der Waals surface area contributed by atoms with Gasteiger partial charge in [-0.3, -0.25) is 19.5 Å². The fraction of sp³-hybridized carbons (Fsp3) is 0.133. The zero-order valence-electron chi connectivity index (χ0n) is 13.5. The van der Waals surface area contributed by atoms with Crippen LogP contribution in [0.15, 0.2) is 53.4 Å². The molecule has 0 saturated carbocycles. The SMILES string of the molecule is O=C(O)[C@H](Cc1ccc(OS(=O)(=O)O)cc1)NSc1ccccc1[N+](=O)[O-]. The molecule has 2 rings (SSSR count).